The van der Waals surface area contributed by atoms with Crippen molar-refractivity contribution in [1.82, 2.24) is 10.2 Å². The third-order valence-electron chi connectivity index (χ3n) is 3.41. The van der Waals surface area contributed by atoms with E-state index < -0.39 is 0 Å². The Labute approximate surface area is 113 Å². The molecule has 4 heteroatoms. The minimum absolute atomic E-state index is 0.158. The molecule has 0 saturated carbocycles. The van der Waals surface area contributed by atoms with Gasteiger partial charge in [-0.1, -0.05) is 24.3 Å². The van der Waals surface area contributed by atoms with Crippen LogP contribution in [-0.4, -0.2) is 28.7 Å². The molecule has 0 bridgehead atoms. The highest BCUT2D eigenvalue weighted by Gasteiger charge is 2.25. The summed E-state index contributed by atoms with van der Waals surface area (Å²) in [6.07, 6.45) is 0. The van der Waals surface area contributed by atoms with E-state index in [0.29, 0.717) is 5.88 Å². The van der Waals surface area contributed by atoms with Gasteiger partial charge in [-0.2, -0.15) is 5.10 Å². The average molecular weight is 264 g/mol. The number of alkyl halides is 1. The Morgan fingerprint density at radius 2 is 1.78 bits per heavy atom. The van der Waals surface area contributed by atoms with Crippen molar-refractivity contribution in [1.29, 1.82) is 0 Å². The van der Waals surface area contributed by atoms with E-state index in [1.807, 2.05) is 26.1 Å². The first-order chi connectivity index (χ1) is 8.47. The molecule has 0 saturated heterocycles. The van der Waals surface area contributed by atoms with Gasteiger partial charge >= 0.3 is 0 Å². The van der Waals surface area contributed by atoms with Crippen molar-refractivity contribution in [2.75, 3.05) is 17.8 Å². The van der Waals surface area contributed by atoms with E-state index >= 15 is 0 Å². The van der Waals surface area contributed by atoms with E-state index in [1.165, 1.54) is 0 Å². The fourth-order valence-electron chi connectivity index (χ4n) is 1.85. The number of nitrogens with zero attached hydrogens (tertiary/aromatic N) is 3. The summed E-state index contributed by atoms with van der Waals surface area (Å²) in [6, 6.07) is 8.19. The normalized spacial score (nSPS) is 11.8. The highest BCUT2D eigenvalue weighted by Crippen LogP contribution is 2.29. The van der Waals surface area contributed by atoms with E-state index in [1.54, 1.807) is 0 Å². The van der Waals surface area contributed by atoms with Crippen molar-refractivity contribution < 1.29 is 0 Å². The average Bonchev–Trinajstić information content (AvgIpc) is 2.39. The zero-order valence-electron chi connectivity index (χ0n) is 11.2. The Bertz CT molecular complexity index is 566. The molecule has 0 fully saturated rings. The van der Waals surface area contributed by atoms with Crippen LogP contribution in [0.5, 0.6) is 0 Å². The minimum atomic E-state index is -0.158. The number of hydrogen-bond acceptors (Lipinski definition) is 3. The molecule has 1 aromatic carbocycles. The van der Waals surface area contributed by atoms with Crippen LogP contribution in [-0.2, 0) is 0 Å². The van der Waals surface area contributed by atoms with Crippen LogP contribution in [0.4, 0.5) is 5.82 Å². The summed E-state index contributed by atoms with van der Waals surface area (Å²) in [5.74, 6) is 1.41. The lowest BCUT2D eigenvalue weighted by Crippen LogP contribution is -2.43. The van der Waals surface area contributed by atoms with E-state index in [-0.39, 0.29) is 5.54 Å². The maximum absolute atomic E-state index is 6.03. The number of anilines is 1. The van der Waals surface area contributed by atoms with Crippen molar-refractivity contribution in [3.05, 3.63) is 30.0 Å². The summed E-state index contributed by atoms with van der Waals surface area (Å²) in [7, 11) is 2.01. The maximum Gasteiger partial charge on any atom is 0.159 e. The lowest BCUT2D eigenvalue weighted by atomic mass is 10.0. The summed E-state index contributed by atoms with van der Waals surface area (Å²) in [5, 5.41) is 10.8. The smallest absolute Gasteiger partial charge is 0.159 e. The molecule has 0 aliphatic rings. The molecule has 1 aromatic heterocycles. The second-order valence-electron chi connectivity index (χ2n) is 5.16. The topological polar surface area (TPSA) is 29.0 Å². The molecule has 0 amide bonds. The number of aryl methyl sites for hydroxylation is 1. The summed E-state index contributed by atoms with van der Waals surface area (Å²) in [4.78, 5) is 2.09. The van der Waals surface area contributed by atoms with Gasteiger partial charge in [-0.05, 0) is 20.8 Å². The Morgan fingerprint density at radius 3 is 2.39 bits per heavy atom. The van der Waals surface area contributed by atoms with Crippen LogP contribution in [0.1, 0.15) is 19.5 Å². The van der Waals surface area contributed by atoms with Crippen LogP contribution in [0.25, 0.3) is 10.8 Å². The summed E-state index contributed by atoms with van der Waals surface area (Å²) in [5.41, 5.74) is 0.792. The van der Waals surface area contributed by atoms with Crippen LogP contribution < -0.4 is 4.90 Å². The molecule has 0 spiro atoms. The molecule has 0 N–H and O–H groups in total. The molecule has 3 nitrogen and oxygen atoms in total. The summed E-state index contributed by atoms with van der Waals surface area (Å²) in [6.45, 7) is 6.17. The number of benzene rings is 1. The molecular formula is C14H18ClN3. The quantitative estimate of drug-likeness (QED) is 0.795. The Hall–Kier alpha value is -1.35. The molecule has 0 unspecified atom stereocenters. The van der Waals surface area contributed by atoms with Crippen molar-refractivity contribution in [2.24, 2.45) is 0 Å². The Kier molecular flexibility index (Phi) is 3.44. The van der Waals surface area contributed by atoms with Gasteiger partial charge in [0.05, 0.1) is 5.69 Å². The van der Waals surface area contributed by atoms with E-state index in [2.05, 4.69) is 41.1 Å². The summed E-state index contributed by atoms with van der Waals surface area (Å²) < 4.78 is 0. The first kappa shape index (κ1) is 13.1. The van der Waals surface area contributed by atoms with Crippen LogP contribution >= 0.6 is 11.6 Å². The number of rotatable bonds is 3. The fraction of sp³-hybridized carbons (Fsp3) is 0.429. The Morgan fingerprint density at radius 1 is 1.17 bits per heavy atom. The van der Waals surface area contributed by atoms with Crippen LogP contribution in [0.15, 0.2) is 24.3 Å². The first-order valence-corrected chi connectivity index (χ1v) is 6.52. The molecule has 0 radical (unpaired) electrons. The van der Waals surface area contributed by atoms with E-state index in [4.69, 9.17) is 11.6 Å². The fourth-order valence-corrected chi connectivity index (χ4v) is 2.03. The van der Waals surface area contributed by atoms with Crippen LogP contribution in [0, 0.1) is 6.92 Å². The van der Waals surface area contributed by atoms with Crippen molar-refractivity contribution in [3.63, 3.8) is 0 Å². The zero-order chi connectivity index (χ0) is 13.3. The summed E-state index contributed by atoms with van der Waals surface area (Å²) >= 11 is 6.03. The number of halogens is 1. The van der Waals surface area contributed by atoms with Crippen molar-refractivity contribution >= 4 is 28.2 Å². The molecular weight excluding hydrogens is 246 g/mol. The Balaban J connectivity index is 2.62. The molecule has 0 atom stereocenters. The van der Waals surface area contributed by atoms with E-state index in [0.717, 1.165) is 22.3 Å². The first-order valence-electron chi connectivity index (χ1n) is 5.99. The monoisotopic (exact) mass is 263 g/mol. The molecule has 1 heterocycles. The molecule has 2 aromatic rings. The van der Waals surface area contributed by atoms with Crippen LogP contribution in [0.3, 0.4) is 0 Å². The van der Waals surface area contributed by atoms with Gasteiger partial charge < -0.3 is 4.90 Å². The van der Waals surface area contributed by atoms with Gasteiger partial charge in [0.25, 0.3) is 0 Å². The number of fused-ring (bicyclic) bond motifs is 1. The molecule has 0 aliphatic carbocycles. The van der Waals surface area contributed by atoms with Gasteiger partial charge in [-0.3, -0.25) is 0 Å². The lowest BCUT2D eigenvalue weighted by molar-refractivity contribution is 0.539. The third kappa shape index (κ3) is 2.15. The van der Waals surface area contributed by atoms with Gasteiger partial charge in [0.15, 0.2) is 5.82 Å². The van der Waals surface area contributed by atoms with Crippen LogP contribution in [0.2, 0.25) is 0 Å². The van der Waals surface area contributed by atoms with Gasteiger partial charge in [0, 0.05) is 29.2 Å². The second kappa shape index (κ2) is 4.73. The number of hydrogen-bond donors (Lipinski definition) is 0. The molecule has 0 aliphatic heterocycles. The number of aromatic nitrogens is 2. The highest BCUT2D eigenvalue weighted by molar-refractivity contribution is 6.18. The molecule has 2 rings (SSSR count). The third-order valence-corrected chi connectivity index (χ3v) is 4.06. The largest absolute Gasteiger partial charge is 0.351 e. The second-order valence-corrected chi connectivity index (χ2v) is 5.43. The SMILES string of the molecule is Cc1nnc(N(C)C(C)(C)CCl)c2ccccc12. The van der Waals surface area contributed by atoms with Gasteiger partial charge in [0.1, 0.15) is 0 Å². The van der Waals surface area contributed by atoms with Gasteiger partial charge in [0.2, 0.25) is 0 Å². The zero-order valence-corrected chi connectivity index (χ0v) is 12.0. The van der Waals surface area contributed by atoms with E-state index in [9.17, 15) is 0 Å². The highest BCUT2D eigenvalue weighted by atomic mass is 35.5. The lowest BCUT2D eigenvalue weighted by Gasteiger charge is -2.35. The predicted molar refractivity (Wildman–Crippen MR) is 77.5 cm³/mol. The van der Waals surface area contributed by atoms with Gasteiger partial charge in [-0.25, -0.2) is 0 Å². The molecule has 18 heavy (non-hydrogen) atoms. The maximum atomic E-state index is 6.03. The minimum Gasteiger partial charge on any atom is -0.351 e. The predicted octanol–water partition coefficient (Wildman–Crippen LogP) is 3.39. The van der Waals surface area contributed by atoms with Crippen molar-refractivity contribution in [3.8, 4) is 0 Å². The standard InChI is InChI=1S/C14H18ClN3/c1-10-11-7-5-6-8-12(11)13(17-16-10)18(4)14(2,3)9-15/h5-8H,9H2,1-4H3. The molecule has 96 valence electrons. The van der Waals surface area contributed by atoms with Crippen molar-refractivity contribution in [2.45, 2.75) is 26.3 Å². The van der Waals surface area contributed by atoms with Gasteiger partial charge in [-0.15, -0.1) is 16.7 Å².